The number of halogens is 1. The molecule has 1 atom stereocenters. The number of ether oxygens (including phenoxy) is 1. The lowest BCUT2D eigenvalue weighted by molar-refractivity contribution is -0.132. The summed E-state index contributed by atoms with van der Waals surface area (Å²) in [6.45, 7) is 5.40. The second-order valence-corrected chi connectivity index (χ2v) is 7.68. The maximum absolute atomic E-state index is 14.8. The van der Waals surface area contributed by atoms with Gasteiger partial charge in [-0.2, -0.15) is 0 Å². The molecule has 1 aliphatic heterocycles. The largest absolute Gasteiger partial charge is 0.507 e. The van der Waals surface area contributed by atoms with Crippen LogP contribution >= 0.6 is 0 Å². The number of aliphatic hydroxyl groups excluding tert-OH is 1. The first-order chi connectivity index (χ1) is 15.3. The van der Waals surface area contributed by atoms with Crippen molar-refractivity contribution in [3.8, 4) is 5.75 Å². The Hall–Kier alpha value is -3.94. The van der Waals surface area contributed by atoms with E-state index < -0.39 is 29.3 Å². The monoisotopic (exact) mass is 436 g/mol. The number of hydrogen-bond acceptors (Lipinski definition) is 6. The van der Waals surface area contributed by atoms with Gasteiger partial charge in [-0.25, -0.2) is 4.39 Å². The number of amides is 1. The van der Waals surface area contributed by atoms with Crippen molar-refractivity contribution in [3.63, 3.8) is 0 Å². The molecule has 32 heavy (non-hydrogen) atoms. The van der Waals surface area contributed by atoms with Gasteiger partial charge in [0, 0.05) is 17.2 Å². The van der Waals surface area contributed by atoms with Crippen molar-refractivity contribution in [2.24, 2.45) is 0 Å². The first-order valence-electron chi connectivity index (χ1n) is 10.0. The van der Waals surface area contributed by atoms with Crippen LogP contribution in [-0.4, -0.2) is 28.1 Å². The van der Waals surface area contributed by atoms with Crippen LogP contribution in [0.15, 0.2) is 64.7 Å². The summed E-state index contributed by atoms with van der Waals surface area (Å²) in [4.78, 5) is 27.0. The Morgan fingerprint density at radius 3 is 2.44 bits per heavy atom. The van der Waals surface area contributed by atoms with E-state index in [1.165, 1.54) is 24.3 Å². The zero-order valence-electron chi connectivity index (χ0n) is 17.7. The molecule has 0 aliphatic carbocycles. The summed E-state index contributed by atoms with van der Waals surface area (Å²) in [6, 6.07) is 12.4. The van der Waals surface area contributed by atoms with Gasteiger partial charge in [0.15, 0.2) is 5.82 Å². The molecule has 1 aromatic heterocycles. The minimum absolute atomic E-state index is 0.0354. The minimum atomic E-state index is -1.22. The molecular weight excluding hydrogens is 415 g/mol. The molecule has 164 valence electrons. The maximum atomic E-state index is 14.8. The van der Waals surface area contributed by atoms with Crippen LogP contribution < -0.4 is 9.64 Å². The van der Waals surface area contributed by atoms with Crippen molar-refractivity contribution in [2.45, 2.75) is 32.9 Å². The maximum Gasteiger partial charge on any atom is 0.301 e. The molecule has 0 bridgehead atoms. The number of aromatic nitrogens is 1. The summed E-state index contributed by atoms with van der Waals surface area (Å²) >= 11 is 0. The van der Waals surface area contributed by atoms with Gasteiger partial charge < -0.3 is 14.4 Å². The number of aliphatic hydroxyl groups is 1. The van der Waals surface area contributed by atoms with E-state index in [4.69, 9.17) is 9.26 Å². The van der Waals surface area contributed by atoms with E-state index in [1.807, 2.05) is 13.8 Å². The Morgan fingerprint density at radius 2 is 1.84 bits per heavy atom. The van der Waals surface area contributed by atoms with Gasteiger partial charge in [-0.3, -0.25) is 14.5 Å². The molecular formula is C24H21FN2O5. The van der Waals surface area contributed by atoms with Crippen molar-refractivity contribution in [1.29, 1.82) is 0 Å². The van der Waals surface area contributed by atoms with Crippen LogP contribution in [0.2, 0.25) is 0 Å². The van der Waals surface area contributed by atoms with E-state index in [2.05, 4.69) is 5.16 Å². The van der Waals surface area contributed by atoms with Crippen LogP contribution in [0.4, 0.5) is 10.2 Å². The molecule has 1 saturated heterocycles. The molecule has 0 spiro atoms. The number of aryl methyl sites for hydroxylation is 1. The third-order valence-corrected chi connectivity index (χ3v) is 5.01. The Kier molecular flexibility index (Phi) is 5.52. The summed E-state index contributed by atoms with van der Waals surface area (Å²) in [7, 11) is 0. The molecule has 2 aromatic carbocycles. The standard InChI is InChI=1S/C24H21FN2O5/c1-13(2)31-16-10-8-15(9-11-16)22(28)20-21(17-6-4-5-7-18(17)25)27(24(30)23(20)29)19-12-14(3)32-26-19/h4-13,21,28H,1-3H3/b22-20-. The third kappa shape index (κ3) is 3.75. The SMILES string of the molecule is Cc1cc(N2C(=O)C(=O)/C(=C(\O)c3ccc(OC(C)C)cc3)C2c2ccccc2F)no1. The summed E-state index contributed by atoms with van der Waals surface area (Å²) in [5.41, 5.74) is 0.101. The van der Waals surface area contributed by atoms with Gasteiger partial charge in [-0.1, -0.05) is 23.4 Å². The lowest BCUT2D eigenvalue weighted by Crippen LogP contribution is -2.30. The van der Waals surface area contributed by atoms with Gasteiger partial charge in [0.05, 0.1) is 17.7 Å². The van der Waals surface area contributed by atoms with Crippen LogP contribution in [0.25, 0.3) is 5.76 Å². The van der Waals surface area contributed by atoms with E-state index in [-0.39, 0.29) is 28.6 Å². The predicted octanol–water partition coefficient (Wildman–Crippen LogP) is 4.54. The molecule has 4 rings (SSSR count). The quantitative estimate of drug-likeness (QED) is 0.359. The highest BCUT2D eigenvalue weighted by Crippen LogP contribution is 2.42. The number of benzene rings is 2. The van der Waals surface area contributed by atoms with Crippen molar-refractivity contribution >= 4 is 23.3 Å². The number of nitrogens with zero attached hydrogens (tertiary/aromatic N) is 2. The Bertz CT molecular complexity index is 1210. The molecule has 0 radical (unpaired) electrons. The summed E-state index contributed by atoms with van der Waals surface area (Å²) in [6.07, 6.45) is -0.0354. The number of carbonyl (C=O) groups excluding carboxylic acids is 2. The Morgan fingerprint density at radius 1 is 1.16 bits per heavy atom. The highest BCUT2D eigenvalue weighted by molar-refractivity contribution is 6.51. The molecule has 2 heterocycles. The van der Waals surface area contributed by atoms with Crippen molar-refractivity contribution in [3.05, 3.63) is 82.9 Å². The second-order valence-electron chi connectivity index (χ2n) is 7.68. The highest BCUT2D eigenvalue weighted by Gasteiger charge is 2.48. The minimum Gasteiger partial charge on any atom is -0.507 e. The van der Waals surface area contributed by atoms with Gasteiger partial charge >= 0.3 is 5.91 Å². The van der Waals surface area contributed by atoms with E-state index in [0.717, 1.165) is 4.90 Å². The van der Waals surface area contributed by atoms with Crippen molar-refractivity contribution in [1.82, 2.24) is 5.16 Å². The van der Waals surface area contributed by atoms with E-state index in [1.54, 1.807) is 37.3 Å². The second kappa shape index (κ2) is 8.30. The van der Waals surface area contributed by atoms with Crippen LogP contribution in [-0.2, 0) is 9.59 Å². The molecule has 1 amide bonds. The molecule has 8 heteroatoms. The molecule has 1 unspecified atom stereocenters. The van der Waals surface area contributed by atoms with Gasteiger partial charge in [0.25, 0.3) is 5.78 Å². The molecule has 0 saturated carbocycles. The average molecular weight is 436 g/mol. The van der Waals surface area contributed by atoms with Crippen molar-refractivity contribution < 1.29 is 28.3 Å². The smallest absolute Gasteiger partial charge is 0.301 e. The summed E-state index contributed by atoms with van der Waals surface area (Å²) < 4.78 is 25.4. The molecule has 1 N–H and O–H groups in total. The van der Waals surface area contributed by atoms with Crippen LogP contribution in [0.3, 0.4) is 0 Å². The van der Waals surface area contributed by atoms with E-state index in [9.17, 15) is 19.1 Å². The van der Waals surface area contributed by atoms with Crippen LogP contribution in [0.1, 0.15) is 36.8 Å². The van der Waals surface area contributed by atoms with Gasteiger partial charge in [-0.05, 0) is 51.1 Å². The van der Waals surface area contributed by atoms with E-state index in [0.29, 0.717) is 11.5 Å². The Labute approximate surface area is 183 Å². The van der Waals surface area contributed by atoms with Gasteiger partial charge in [0.1, 0.15) is 23.1 Å². The molecule has 1 fully saturated rings. The van der Waals surface area contributed by atoms with Crippen LogP contribution in [0, 0.1) is 12.7 Å². The zero-order valence-corrected chi connectivity index (χ0v) is 17.7. The Balaban J connectivity index is 1.87. The third-order valence-electron chi connectivity index (χ3n) is 5.01. The fraction of sp³-hybridized carbons (Fsp3) is 0.208. The zero-order chi connectivity index (χ0) is 23.0. The number of anilines is 1. The highest BCUT2D eigenvalue weighted by atomic mass is 19.1. The number of Topliss-reactive ketones (excluding diaryl/α,β-unsaturated/α-hetero) is 1. The number of hydrogen-bond donors (Lipinski definition) is 1. The lowest BCUT2D eigenvalue weighted by Gasteiger charge is -2.23. The number of rotatable bonds is 5. The first kappa shape index (κ1) is 21.3. The average Bonchev–Trinajstić information content (AvgIpc) is 3.29. The van der Waals surface area contributed by atoms with E-state index >= 15 is 0 Å². The first-order valence-corrected chi connectivity index (χ1v) is 10.0. The summed E-state index contributed by atoms with van der Waals surface area (Å²) in [5.74, 6) is -1.88. The molecule has 7 nitrogen and oxygen atoms in total. The van der Waals surface area contributed by atoms with Gasteiger partial charge in [-0.15, -0.1) is 0 Å². The number of carbonyl (C=O) groups is 2. The molecule has 1 aliphatic rings. The van der Waals surface area contributed by atoms with Crippen molar-refractivity contribution in [2.75, 3.05) is 4.90 Å². The summed E-state index contributed by atoms with van der Waals surface area (Å²) in [5, 5.41) is 14.9. The predicted molar refractivity (Wildman–Crippen MR) is 115 cm³/mol. The topological polar surface area (TPSA) is 92.9 Å². The number of ketones is 1. The van der Waals surface area contributed by atoms with Gasteiger partial charge in [0.2, 0.25) is 0 Å². The van der Waals surface area contributed by atoms with Crippen LogP contribution in [0.5, 0.6) is 5.75 Å². The normalized spacial score (nSPS) is 17.9. The fourth-order valence-corrected chi connectivity index (χ4v) is 3.65. The lowest BCUT2D eigenvalue weighted by atomic mass is 9.95. The molecule has 3 aromatic rings. The fourth-order valence-electron chi connectivity index (χ4n) is 3.65.